The van der Waals surface area contributed by atoms with Crippen LogP contribution in [-0.4, -0.2) is 24.1 Å². The van der Waals surface area contributed by atoms with Crippen molar-refractivity contribution in [1.29, 1.82) is 0 Å². The first-order valence-electron chi connectivity index (χ1n) is 5.91. The van der Waals surface area contributed by atoms with Crippen LogP contribution in [-0.2, 0) is 0 Å². The fraction of sp³-hybridized carbons (Fsp3) is 0.462. The summed E-state index contributed by atoms with van der Waals surface area (Å²) < 4.78 is 0. The number of hydrogen-bond acceptors (Lipinski definition) is 3. The lowest BCUT2D eigenvalue weighted by atomic mass is 10.1. The molecule has 0 saturated heterocycles. The van der Waals surface area contributed by atoms with Crippen LogP contribution in [0.25, 0.3) is 0 Å². The maximum absolute atomic E-state index is 8.58. The number of nitrogens with zero attached hydrogens (tertiary/aromatic N) is 2. The van der Waals surface area contributed by atoms with Crippen LogP contribution in [0.3, 0.4) is 0 Å². The normalized spacial score (nSPS) is 13.5. The summed E-state index contributed by atoms with van der Waals surface area (Å²) in [7, 11) is 2.08. The molecule has 1 atom stereocenters. The molecule has 4 heteroatoms. The van der Waals surface area contributed by atoms with Crippen molar-refractivity contribution < 1.29 is 5.21 Å². The van der Waals surface area contributed by atoms with Crippen LogP contribution in [0.5, 0.6) is 0 Å². The summed E-state index contributed by atoms with van der Waals surface area (Å²) in [6.07, 6.45) is 2.34. The lowest BCUT2D eigenvalue weighted by Crippen LogP contribution is -2.28. The first-order valence-corrected chi connectivity index (χ1v) is 5.91. The van der Waals surface area contributed by atoms with Gasteiger partial charge in [0.15, 0.2) is 5.84 Å². The Labute approximate surface area is 103 Å². The Hall–Kier alpha value is -1.71. The van der Waals surface area contributed by atoms with Crippen molar-refractivity contribution >= 4 is 11.5 Å². The Kier molecular flexibility index (Phi) is 4.82. The fourth-order valence-electron chi connectivity index (χ4n) is 1.79. The summed E-state index contributed by atoms with van der Waals surface area (Å²) in [5.41, 5.74) is 7.38. The van der Waals surface area contributed by atoms with Crippen molar-refractivity contribution in [2.45, 2.75) is 32.7 Å². The number of hydrogen-bond donors (Lipinski definition) is 2. The molecular weight excluding hydrogens is 214 g/mol. The minimum atomic E-state index is 0.140. The molecule has 3 N–H and O–H groups in total. The van der Waals surface area contributed by atoms with Gasteiger partial charge in [0.05, 0.1) is 0 Å². The fourth-order valence-corrected chi connectivity index (χ4v) is 1.79. The molecule has 17 heavy (non-hydrogen) atoms. The summed E-state index contributed by atoms with van der Waals surface area (Å²) in [4.78, 5) is 2.24. The van der Waals surface area contributed by atoms with E-state index in [0.29, 0.717) is 6.04 Å². The number of benzene rings is 1. The summed E-state index contributed by atoms with van der Waals surface area (Å²) in [5, 5.41) is 11.6. The quantitative estimate of drug-likeness (QED) is 0.356. The maximum Gasteiger partial charge on any atom is 0.170 e. The monoisotopic (exact) mass is 235 g/mol. The minimum Gasteiger partial charge on any atom is -0.409 e. The molecule has 4 nitrogen and oxygen atoms in total. The second-order valence-electron chi connectivity index (χ2n) is 4.28. The highest BCUT2D eigenvalue weighted by Gasteiger charge is 2.09. The lowest BCUT2D eigenvalue weighted by Gasteiger charge is -2.26. The van der Waals surface area contributed by atoms with Gasteiger partial charge in [0.25, 0.3) is 0 Å². The van der Waals surface area contributed by atoms with Gasteiger partial charge in [0.2, 0.25) is 0 Å². The van der Waals surface area contributed by atoms with Crippen LogP contribution in [0.4, 0.5) is 5.69 Å². The van der Waals surface area contributed by atoms with Gasteiger partial charge in [-0.05, 0) is 37.6 Å². The van der Waals surface area contributed by atoms with E-state index in [4.69, 9.17) is 10.9 Å². The highest BCUT2D eigenvalue weighted by Crippen LogP contribution is 2.18. The predicted molar refractivity (Wildman–Crippen MR) is 71.7 cm³/mol. The van der Waals surface area contributed by atoms with E-state index in [1.165, 1.54) is 12.8 Å². The van der Waals surface area contributed by atoms with Gasteiger partial charge in [0, 0.05) is 24.3 Å². The molecule has 94 valence electrons. The number of amidine groups is 1. The van der Waals surface area contributed by atoms with E-state index in [9.17, 15) is 0 Å². The number of oxime groups is 1. The van der Waals surface area contributed by atoms with Crippen molar-refractivity contribution in [1.82, 2.24) is 0 Å². The molecule has 1 unspecified atom stereocenters. The Morgan fingerprint density at radius 3 is 2.47 bits per heavy atom. The lowest BCUT2D eigenvalue weighted by molar-refractivity contribution is 0.318. The molecule has 0 bridgehead atoms. The molecule has 0 amide bonds. The van der Waals surface area contributed by atoms with Crippen LogP contribution in [0.2, 0.25) is 0 Å². The average molecular weight is 235 g/mol. The second kappa shape index (κ2) is 6.13. The Bertz CT molecular complexity index is 373. The third kappa shape index (κ3) is 3.37. The molecule has 0 aliphatic carbocycles. The largest absolute Gasteiger partial charge is 0.409 e. The van der Waals surface area contributed by atoms with Gasteiger partial charge in [0.1, 0.15) is 0 Å². The molecule has 0 aromatic heterocycles. The van der Waals surface area contributed by atoms with Crippen LogP contribution >= 0.6 is 0 Å². The topological polar surface area (TPSA) is 61.8 Å². The van der Waals surface area contributed by atoms with Gasteiger partial charge >= 0.3 is 0 Å². The van der Waals surface area contributed by atoms with Crippen LogP contribution < -0.4 is 10.6 Å². The molecule has 0 heterocycles. The van der Waals surface area contributed by atoms with E-state index >= 15 is 0 Å². The van der Waals surface area contributed by atoms with Crippen LogP contribution in [0.15, 0.2) is 29.4 Å². The van der Waals surface area contributed by atoms with E-state index in [1.807, 2.05) is 24.3 Å². The summed E-state index contributed by atoms with van der Waals surface area (Å²) >= 11 is 0. The zero-order valence-electron chi connectivity index (χ0n) is 10.7. The second-order valence-corrected chi connectivity index (χ2v) is 4.28. The first-order chi connectivity index (χ1) is 8.10. The molecule has 0 spiro atoms. The third-order valence-electron chi connectivity index (χ3n) is 3.05. The molecule has 0 saturated carbocycles. The predicted octanol–water partition coefficient (Wildman–Crippen LogP) is 2.41. The Morgan fingerprint density at radius 2 is 2.00 bits per heavy atom. The van der Waals surface area contributed by atoms with E-state index in [2.05, 4.69) is 31.0 Å². The van der Waals surface area contributed by atoms with Crippen molar-refractivity contribution in [3.63, 3.8) is 0 Å². The molecule has 1 rings (SSSR count). The third-order valence-corrected chi connectivity index (χ3v) is 3.05. The van der Waals surface area contributed by atoms with Crippen LogP contribution in [0, 0.1) is 0 Å². The van der Waals surface area contributed by atoms with Crippen molar-refractivity contribution in [2.75, 3.05) is 11.9 Å². The summed E-state index contributed by atoms with van der Waals surface area (Å²) in [6.45, 7) is 4.40. The highest BCUT2D eigenvalue weighted by atomic mass is 16.4. The molecule has 0 aliphatic rings. The average Bonchev–Trinajstić information content (AvgIpc) is 2.37. The number of anilines is 1. The summed E-state index contributed by atoms with van der Waals surface area (Å²) in [6, 6.07) is 8.20. The smallest absolute Gasteiger partial charge is 0.170 e. The molecule has 0 aliphatic heterocycles. The van der Waals surface area contributed by atoms with Gasteiger partial charge in [-0.2, -0.15) is 0 Å². The molecular formula is C13H21N3O. The van der Waals surface area contributed by atoms with Crippen LogP contribution in [0.1, 0.15) is 32.3 Å². The molecule has 1 aromatic carbocycles. The van der Waals surface area contributed by atoms with Crippen molar-refractivity contribution in [3.8, 4) is 0 Å². The zero-order chi connectivity index (χ0) is 12.8. The van der Waals surface area contributed by atoms with Crippen molar-refractivity contribution in [3.05, 3.63) is 29.8 Å². The SMILES string of the molecule is CCCC(C)N(C)c1ccc(/C(N)=N/O)cc1. The standard InChI is InChI=1S/C13H21N3O/c1-4-5-10(2)16(3)12-8-6-11(7-9-12)13(14)15-17/h6-10,17H,4-5H2,1-3H3,(H2,14,15). The van der Waals surface area contributed by atoms with E-state index in [-0.39, 0.29) is 5.84 Å². The highest BCUT2D eigenvalue weighted by molar-refractivity contribution is 5.97. The summed E-state index contributed by atoms with van der Waals surface area (Å²) in [5.74, 6) is 0.140. The maximum atomic E-state index is 8.58. The Balaban J connectivity index is 2.80. The molecule has 0 radical (unpaired) electrons. The van der Waals surface area contributed by atoms with E-state index < -0.39 is 0 Å². The van der Waals surface area contributed by atoms with Gasteiger partial charge in [-0.3, -0.25) is 0 Å². The van der Waals surface area contributed by atoms with Gasteiger partial charge < -0.3 is 15.8 Å². The Morgan fingerprint density at radius 1 is 1.41 bits per heavy atom. The zero-order valence-corrected chi connectivity index (χ0v) is 10.7. The van der Waals surface area contributed by atoms with Gasteiger partial charge in [-0.15, -0.1) is 0 Å². The first kappa shape index (κ1) is 13.4. The van der Waals surface area contributed by atoms with Gasteiger partial charge in [-0.25, -0.2) is 0 Å². The molecule has 0 fully saturated rings. The number of nitrogens with two attached hydrogens (primary N) is 1. The van der Waals surface area contributed by atoms with Crippen molar-refractivity contribution in [2.24, 2.45) is 10.9 Å². The molecule has 1 aromatic rings. The van der Waals surface area contributed by atoms with E-state index in [1.54, 1.807) is 0 Å². The van der Waals surface area contributed by atoms with Gasteiger partial charge in [-0.1, -0.05) is 18.5 Å². The minimum absolute atomic E-state index is 0.140. The number of rotatable bonds is 5. The van der Waals surface area contributed by atoms with E-state index in [0.717, 1.165) is 11.3 Å².